The molecule has 2 fully saturated rings. The molecule has 3 nitrogen and oxygen atoms in total. The van der Waals surface area contributed by atoms with Gasteiger partial charge in [0.1, 0.15) is 0 Å². The summed E-state index contributed by atoms with van der Waals surface area (Å²) in [6.45, 7) is 2.32. The number of rotatable bonds is 2. The van der Waals surface area contributed by atoms with Crippen LogP contribution in [0.25, 0.3) is 0 Å². The van der Waals surface area contributed by atoms with Crippen LogP contribution in [0.3, 0.4) is 0 Å². The lowest BCUT2D eigenvalue weighted by atomic mass is 9.89. The zero-order valence-electron chi connectivity index (χ0n) is 10.6. The molecule has 2 saturated heterocycles. The van der Waals surface area contributed by atoms with E-state index in [4.69, 9.17) is 21.1 Å². The predicted octanol–water partition coefficient (Wildman–Crippen LogP) is 3.85. The van der Waals surface area contributed by atoms with Gasteiger partial charge in [0.2, 0.25) is 0 Å². The summed E-state index contributed by atoms with van der Waals surface area (Å²) in [6.07, 6.45) is 2.99. The highest BCUT2D eigenvalue weighted by molar-refractivity contribution is 9.10. The van der Waals surface area contributed by atoms with E-state index in [2.05, 4.69) is 21.2 Å². The third kappa shape index (κ3) is 3.07. The topological polar surface area (TPSA) is 30.5 Å². The fourth-order valence-electron chi connectivity index (χ4n) is 2.84. The standard InChI is InChI=1S/C14H17BrClNO2/c15-10-1-2-13(12(16)7-10)17-11-3-5-19-14(8-11)4-6-18-9-14/h1-2,7,11,17H,3-6,8-9H2. The molecule has 0 radical (unpaired) electrons. The quantitative estimate of drug-likeness (QED) is 0.882. The lowest BCUT2D eigenvalue weighted by Gasteiger charge is -2.37. The molecule has 1 N–H and O–H groups in total. The van der Waals surface area contributed by atoms with Crippen LogP contribution < -0.4 is 5.32 Å². The molecule has 5 heteroatoms. The summed E-state index contributed by atoms with van der Waals surface area (Å²) in [5.74, 6) is 0. The van der Waals surface area contributed by atoms with Gasteiger partial charge in [0.25, 0.3) is 0 Å². The van der Waals surface area contributed by atoms with E-state index in [-0.39, 0.29) is 5.60 Å². The third-order valence-electron chi connectivity index (χ3n) is 3.85. The molecule has 2 aliphatic heterocycles. The Kier molecular flexibility index (Phi) is 4.03. The molecule has 0 aliphatic carbocycles. The molecule has 0 saturated carbocycles. The van der Waals surface area contributed by atoms with Crippen molar-refractivity contribution in [2.24, 2.45) is 0 Å². The summed E-state index contributed by atoms with van der Waals surface area (Å²) in [6, 6.07) is 6.33. The van der Waals surface area contributed by atoms with Gasteiger partial charge in [-0.1, -0.05) is 27.5 Å². The van der Waals surface area contributed by atoms with Crippen molar-refractivity contribution in [3.05, 3.63) is 27.7 Å². The molecular formula is C14H17BrClNO2. The number of hydrogen-bond donors (Lipinski definition) is 1. The van der Waals surface area contributed by atoms with Gasteiger partial charge in [0.05, 0.1) is 22.9 Å². The maximum atomic E-state index is 6.25. The summed E-state index contributed by atoms with van der Waals surface area (Å²) < 4.78 is 12.4. The van der Waals surface area contributed by atoms with Gasteiger partial charge in [-0.25, -0.2) is 0 Å². The molecule has 104 valence electrons. The maximum Gasteiger partial charge on any atom is 0.0956 e. The van der Waals surface area contributed by atoms with Crippen molar-refractivity contribution < 1.29 is 9.47 Å². The Balaban J connectivity index is 1.69. The Morgan fingerprint density at radius 3 is 3.00 bits per heavy atom. The monoisotopic (exact) mass is 345 g/mol. The van der Waals surface area contributed by atoms with E-state index < -0.39 is 0 Å². The van der Waals surface area contributed by atoms with Crippen LogP contribution in [0, 0.1) is 0 Å². The molecule has 1 aromatic carbocycles. The van der Waals surface area contributed by atoms with Crippen molar-refractivity contribution in [3.8, 4) is 0 Å². The van der Waals surface area contributed by atoms with E-state index in [0.717, 1.165) is 54.3 Å². The first-order valence-corrected chi connectivity index (χ1v) is 7.77. The summed E-state index contributed by atoms with van der Waals surface area (Å²) in [5, 5.41) is 4.29. The largest absolute Gasteiger partial charge is 0.381 e. The van der Waals surface area contributed by atoms with Gasteiger partial charge in [-0.05, 0) is 31.0 Å². The van der Waals surface area contributed by atoms with Crippen LogP contribution in [0.5, 0.6) is 0 Å². The molecule has 2 unspecified atom stereocenters. The molecule has 1 aromatic rings. The van der Waals surface area contributed by atoms with Crippen molar-refractivity contribution in [3.63, 3.8) is 0 Å². The first kappa shape index (κ1) is 13.7. The van der Waals surface area contributed by atoms with Gasteiger partial charge in [0.15, 0.2) is 0 Å². The van der Waals surface area contributed by atoms with Gasteiger partial charge in [0, 0.05) is 30.1 Å². The highest BCUT2D eigenvalue weighted by Crippen LogP contribution is 2.35. The number of benzene rings is 1. The average Bonchev–Trinajstić information content (AvgIpc) is 2.81. The first-order valence-electron chi connectivity index (χ1n) is 6.60. The predicted molar refractivity (Wildman–Crippen MR) is 79.9 cm³/mol. The highest BCUT2D eigenvalue weighted by atomic mass is 79.9. The van der Waals surface area contributed by atoms with E-state index >= 15 is 0 Å². The number of nitrogens with one attached hydrogen (secondary N) is 1. The summed E-state index contributed by atoms with van der Waals surface area (Å²) in [7, 11) is 0. The van der Waals surface area contributed by atoms with Crippen molar-refractivity contribution in [2.45, 2.75) is 30.9 Å². The van der Waals surface area contributed by atoms with Crippen molar-refractivity contribution in [1.82, 2.24) is 0 Å². The lowest BCUT2D eigenvalue weighted by Crippen LogP contribution is -2.44. The maximum absolute atomic E-state index is 6.25. The number of ether oxygens (including phenoxy) is 2. The van der Waals surface area contributed by atoms with Crippen molar-refractivity contribution >= 4 is 33.2 Å². The van der Waals surface area contributed by atoms with Gasteiger partial charge >= 0.3 is 0 Å². The van der Waals surface area contributed by atoms with E-state index in [1.165, 1.54) is 0 Å². The fourth-order valence-corrected chi connectivity index (χ4v) is 3.57. The van der Waals surface area contributed by atoms with Crippen LogP contribution >= 0.6 is 27.5 Å². The molecule has 1 spiro atoms. The van der Waals surface area contributed by atoms with Crippen LogP contribution in [-0.2, 0) is 9.47 Å². The van der Waals surface area contributed by atoms with E-state index in [9.17, 15) is 0 Å². The van der Waals surface area contributed by atoms with Crippen LogP contribution in [0.4, 0.5) is 5.69 Å². The van der Waals surface area contributed by atoms with Crippen LogP contribution in [-0.4, -0.2) is 31.5 Å². The molecule has 2 heterocycles. The normalized spacial score (nSPS) is 30.7. The molecule has 19 heavy (non-hydrogen) atoms. The minimum absolute atomic E-state index is 0.0717. The first-order chi connectivity index (χ1) is 9.17. The zero-order valence-corrected chi connectivity index (χ0v) is 13.0. The second kappa shape index (κ2) is 5.60. The number of hydrogen-bond acceptors (Lipinski definition) is 3. The minimum Gasteiger partial charge on any atom is -0.381 e. The molecule has 3 rings (SSSR count). The Morgan fingerprint density at radius 2 is 2.26 bits per heavy atom. The smallest absolute Gasteiger partial charge is 0.0956 e. The Morgan fingerprint density at radius 1 is 1.37 bits per heavy atom. The number of halogens is 2. The Hall–Kier alpha value is -0.290. The van der Waals surface area contributed by atoms with E-state index in [0.29, 0.717) is 6.04 Å². The number of anilines is 1. The molecule has 2 atom stereocenters. The van der Waals surface area contributed by atoms with Gasteiger partial charge in [-0.3, -0.25) is 0 Å². The second-order valence-electron chi connectivity index (χ2n) is 5.29. The molecular weight excluding hydrogens is 330 g/mol. The van der Waals surface area contributed by atoms with E-state index in [1.807, 2.05) is 18.2 Å². The van der Waals surface area contributed by atoms with Crippen LogP contribution in [0.1, 0.15) is 19.3 Å². The minimum atomic E-state index is -0.0717. The average molecular weight is 347 g/mol. The molecule has 0 bridgehead atoms. The van der Waals surface area contributed by atoms with Crippen LogP contribution in [0.15, 0.2) is 22.7 Å². The SMILES string of the molecule is Clc1cc(Br)ccc1NC1CCOC2(CCOC2)C1. The summed E-state index contributed by atoms with van der Waals surface area (Å²) in [4.78, 5) is 0. The molecule has 2 aliphatic rings. The van der Waals surface area contributed by atoms with E-state index in [1.54, 1.807) is 0 Å². The van der Waals surface area contributed by atoms with Crippen molar-refractivity contribution in [1.29, 1.82) is 0 Å². The second-order valence-corrected chi connectivity index (χ2v) is 6.62. The summed E-state index contributed by atoms with van der Waals surface area (Å²) >= 11 is 9.67. The third-order valence-corrected chi connectivity index (χ3v) is 4.66. The molecule has 0 aromatic heterocycles. The van der Waals surface area contributed by atoms with Gasteiger partial charge in [-0.2, -0.15) is 0 Å². The Labute approximate surface area is 126 Å². The zero-order chi connectivity index (χ0) is 13.3. The van der Waals surface area contributed by atoms with Crippen molar-refractivity contribution in [2.75, 3.05) is 25.1 Å². The Bertz CT molecular complexity index is 463. The summed E-state index contributed by atoms with van der Waals surface area (Å²) in [5.41, 5.74) is 0.920. The van der Waals surface area contributed by atoms with Gasteiger partial charge < -0.3 is 14.8 Å². The highest BCUT2D eigenvalue weighted by Gasteiger charge is 2.41. The van der Waals surface area contributed by atoms with Crippen LogP contribution in [0.2, 0.25) is 5.02 Å². The lowest BCUT2D eigenvalue weighted by molar-refractivity contribution is -0.0828. The van der Waals surface area contributed by atoms with Gasteiger partial charge in [-0.15, -0.1) is 0 Å². The molecule has 0 amide bonds. The fraction of sp³-hybridized carbons (Fsp3) is 0.571.